The third-order valence-electron chi connectivity index (χ3n) is 2.89. The van der Waals surface area contributed by atoms with Gasteiger partial charge >= 0.3 is 0 Å². The zero-order valence-electron chi connectivity index (χ0n) is 11.1. The second kappa shape index (κ2) is 5.57. The number of nitrogens with one attached hydrogen (secondary N) is 1. The molecule has 0 saturated heterocycles. The zero-order valence-corrected chi connectivity index (χ0v) is 11.1. The molecule has 0 spiro atoms. The Balaban J connectivity index is 2.20. The Hall–Kier alpha value is -2.29. The minimum absolute atomic E-state index is 0.00434. The van der Waals surface area contributed by atoms with Crippen molar-refractivity contribution in [2.24, 2.45) is 5.92 Å². The lowest BCUT2D eigenvalue weighted by Gasteiger charge is -2.09. The minimum atomic E-state index is -0.0437. The van der Waals surface area contributed by atoms with Gasteiger partial charge in [0.25, 0.3) is 0 Å². The van der Waals surface area contributed by atoms with Gasteiger partial charge in [0.05, 0.1) is 0 Å². The van der Waals surface area contributed by atoms with E-state index in [1.807, 2.05) is 50.2 Å². The zero-order chi connectivity index (χ0) is 13.8. The molecule has 0 fully saturated rings. The summed E-state index contributed by atoms with van der Waals surface area (Å²) in [6.45, 7) is 3.71. The molecule has 2 rings (SSSR count). The van der Waals surface area contributed by atoms with Crippen molar-refractivity contribution >= 4 is 11.6 Å². The summed E-state index contributed by atoms with van der Waals surface area (Å²) in [5, 5.41) is 12.6. The molecule has 0 aliphatic carbocycles. The first-order valence-electron chi connectivity index (χ1n) is 6.27. The monoisotopic (exact) mass is 255 g/mol. The predicted molar refractivity (Wildman–Crippen MR) is 77.0 cm³/mol. The van der Waals surface area contributed by atoms with Crippen LogP contribution in [0.4, 0.5) is 5.69 Å². The van der Waals surface area contributed by atoms with Crippen LogP contribution in [0.2, 0.25) is 0 Å². The van der Waals surface area contributed by atoms with Gasteiger partial charge in [-0.1, -0.05) is 44.2 Å². The molecule has 2 aromatic rings. The van der Waals surface area contributed by atoms with Crippen LogP contribution in [0.5, 0.6) is 5.75 Å². The number of hydrogen-bond acceptors (Lipinski definition) is 2. The number of phenolic OH excluding ortho intramolecular Hbond substituents is 1. The molecule has 1 amide bonds. The van der Waals surface area contributed by atoms with Crippen LogP contribution in [-0.4, -0.2) is 11.0 Å². The molecular weight excluding hydrogens is 238 g/mol. The summed E-state index contributed by atoms with van der Waals surface area (Å²) in [5.74, 6) is 0.203. The number of anilines is 1. The van der Waals surface area contributed by atoms with E-state index >= 15 is 0 Å². The molecule has 3 nitrogen and oxygen atoms in total. The Morgan fingerprint density at radius 1 is 1.05 bits per heavy atom. The van der Waals surface area contributed by atoms with E-state index < -0.39 is 0 Å². The summed E-state index contributed by atoms with van der Waals surface area (Å²) in [6.07, 6.45) is 0. The summed E-state index contributed by atoms with van der Waals surface area (Å²) in [4.78, 5) is 11.6. The summed E-state index contributed by atoms with van der Waals surface area (Å²) in [7, 11) is 0. The molecule has 2 N–H and O–H groups in total. The Morgan fingerprint density at radius 2 is 1.68 bits per heavy atom. The van der Waals surface area contributed by atoms with Gasteiger partial charge < -0.3 is 10.4 Å². The van der Waals surface area contributed by atoms with Crippen LogP contribution in [-0.2, 0) is 4.79 Å². The number of phenols is 1. The molecule has 98 valence electrons. The van der Waals surface area contributed by atoms with Crippen molar-refractivity contribution in [2.75, 3.05) is 5.32 Å². The fourth-order valence-electron chi connectivity index (χ4n) is 1.74. The van der Waals surface area contributed by atoms with Crippen molar-refractivity contribution in [3.63, 3.8) is 0 Å². The molecule has 0 heterocycles. The highest BCUT2D eigenvalue weighted by atomic mass is 16.3. The van der Waals surface area contributed by atoms with Gasteiger partial charge in [-0.15, -0.1) is 0 Å². The average Bonchev–Trinajstić information content (AvgIpc) is 2.40. The molecule has 0 bridgehead atoms. The van der Waals surface area contributed by atoms with Crippen molar-refractivity contribution in [3.05, 3.63) is 48.5 Å². The maximum absolute atomic E-state index is 11.6. The number of para-hydroxylation sites is 1. The van der Waals surface area contributed by atoms with Crippen LogP contribution in [0.25, 0.3) is 11.1 Å². The van der Waals surface area contributed by atoms with Crippen LogP contribution in [0.15, 0.2) is 48.5 Å². The number of benzene rings is 2. The minimum Gasteiger partial charge on any atom is -0.507 e. The smallest absolute Gasteiger partial charge is 0.226 e. The molecule has 0 aromatic heterocycles. The van der Waals surface area contributed by atoms with Gasteiger partial charge in [0.1, 0.15) is 5.75 Å². The molecule has 0 radical (unpaired) electrons. The number of carbonyl (C=O) groups is 1. The van der Waals surface area contributed by atoms with Crippen molar-refractivity contribution in [2.45, 2.75) is 13.8 Å². The molecule has 0 saturated carbocycles. The van der Waals surface area contributed by atoms with E-state index in [2.05, 4.69) is 5.32 Å². The number of amides is 1. The van der Waals surface area contributed by atoms with Gasteiger partial charge in [0, 0.05) is 17.2 Å². The first-order chi connectivity index (χ1) is 9.08. The summed E-state index contributed by atoms with van der Waals surface area (Å²) >= 11 is 0. The normalized spacial score (nSPS) is 10.5. The number of rotatable bonds is 3. The second-order valence-electron chi connectivity index (χ2n) is 4.74. The van der Waals surface area contributed by atoms with Gasteiger partial charge in [-0.3, -0.25) is 4.79 Å². The quantitative estimate of drug-likeness (QED) is 0.879. The largest absolute Gasteiger partial charge is 0.507 e. The maximum atomic E-state index is 11.6. The van der Waals surface area contributed by atoms with E-state index in [0.717, 1.165) is 16.8 Å². The molecule has 19 heavy (non-hydrogen) atoms. The molecule has 0 aliphatic rings. The average molecular weight is 255 g/mol. The molecule has 2 aromatic carbocycles. The predicted octanol–water partition coefficient (Wildman–Crippen LogP) is 3.65. The lowest BCUT2D eigenvalue weighted by Crippen LogP contribution is -2.17. The summed E-state index contributed by atoms with van der Waals surface area (Å²) in [5.41, 5.74) is 2.46. The molecule has 0 unspecified atom stereocenters. The van der Waals surface area contributed by atoms with E-state index in [0.29, 0.717) is 0 Å². The maximum Gasteiger partial charge on any atom is 0.226 e. The van der Waals surface area contributed by atoms with E-state index in [1.165, 1.54) is 0 Å². The highest BCUT2D eigenvalue weighted by molar-refractivity contribution is 5.92. The van der Waals surface area contributed by atoms with Crippen LogP contribution < -0.4 is 5.32 Å². The second-order valence-corrected chi connectivity index (χ2v) is 4.74. The highest BCUT2D eigenvalue weighted by Crippen LogP contribution is 2.29. The van der Waals surface area contributed by atoms with E-state index in [4.69, 9.17) is 0 Å². The van der Waals surface area contributed by atoms with E-state index in [9.17, 15) is 9.90 Å². The molecule has 0 aliphatic heterocycles. The van der Waals surface area contributed by atoms with Crippen LogP contribution >= 0.6 is 0 Å². The summed E-state index contributed by atoms with van der Waals surface area (Å²) < 4.78 is 0. The van der Waals surface area contributed by atoms with Crippen molar-refractivity contribution < 1.29 is 9.90 Å². The third kappa shape index (κ3) is 3.13. The van der Waals surface area contributed by atoms with Gasteiger partial charge in [-0.05, 0) is 23.8 Å². The van der Waals surface area contributed by atoms with Crippen molar-refractivity contribution in [1.29, 1.82) is 0 Å². The molecule has 0 atom stereocenters. The summed E-state index contributed by atoms with van der Waals surface area (Å²) in [6, 6.07) is 14.6. The Bertz CT molecular complexity index is 574. The lowest BCUT2D eigenvalue weighted by atomic mass is 10.0. The van der Waals surface area contributed by atoms with Crippen LogP contribution in [0.3, 0.4) is 0 Å². The SMILES string of the molecule is CC(C)C(=O)Nc1ccc(-c2ccccc2O)cc1. The number of aromatic hydroxyl groups is 1. The number of carbonyl (C=O) groups excluding carboxylic acids is 1. The van der Waals surface area contributed by atoms with Crippen LogP contribution in [0.1, 0.15) is 13.8 Å². The Kier molecular flexibility index (Phi) is 3.85. The van der Waals surface area contributed by atoms with Gasteiger partial charge in [0.2, 0.25) is 5.91 Å². The lowest BCUT2D eigenvalue weighted by molar-refractivity contribution is -0.118. The first-order valence-corrected chi connectivity index (χ1v) is 6.27. The fourth-order valence-corrected chi connectivity index (χ4v) is 1.74. The topological polar surface area (TPSA) is 49.3 Å². The van der Waals surface area contributed by atoms with Crippen molar-refractivity contribution in [3.8, 4) is 16.9 Å². The van der Waals surface area contributed by atoms with E-state index in [-0.39, 0.29) is 17.6 Å². The Labute approximate surface area is 112 Å². The van der Waals surface area contributed by atoms with Gasteiger partial charge in [-0.25, -0.2) is 0 Å². The highest BCUT2D eigenvalue weighted by Gasteiger charge is 2.07. The van der Waals surface area contributed by atoms with Gasteiger partial charge in [-0.2, -0.15) is 0 Å². The standard InChI is InChI=1S/C16H17NO2/c1-11(2)16(19)17-13-9-7-12(8-10-13)14-5-3-4-6-15(14)18/h3-11,18H,1-2H3,(H,17,19). The molecule has 3 heteroatoms. The first kappa shape index (κ1) is 13.1. The molecular formula is C16H17NO2. The van der Waals surface area contributed by atoms with Crippen LogP contribution in [0, 0.1) is 5.92 Å². The number of hydrogen-bond donors (Lipinski definition) is 2. The van der Waals surface area contributed by atoms with E-state index in [1.54, 1.807) is 12.1 Å². The fraction of sp³-hybridized carbons (Fsp3) is 0.188. The van der Waals surface area contributed by atoms with Crippen molar-refractivity contribution in [1.82, 2.24) is 0 Å². The third-order valence-corrected chi connectivity index (χ3v) is 2.89. The Morgan fingerprint density at radius 3 is 2.26 bits per heavy atom. The van der Waals surface area contributed by atoms with Gasteiger partial charge in [0.15, 0.2) is 0 Å².